The van der Waals surface area contributed by atoms with Gasteiger partial charge in [-0.05, 0) is 24.3 Å². The summed E-state index contributed by atoms with van der Waals surface area (Å²) in [4.78, 5) is 28.2. The van der Waals surface area contributed by atoms with E-state index in [0.717, 1.165) is 37.6 Å². The highest BCUT2D eigenvalue weighted by molar-refractivity contribution is 5.71. The van der Waals surface area contributed by atoms with Crippen LogP contribution >= 0.6 is 0 Å². The second-order valence-electron chi connectivity index (χ2n) is 7.41. The maximum atomic E-state index is 11.6. The Balaban J connectivity index is 1.50. The third-order valence-electron chi connectivity index (χ3n) is 5.68. The molecule has 2 aliphatic heterocycles. The molecule has 0 aliphatic carbocycles. The first-order valence-corrected chi connectivity index (χ1v) is 10.0. The van der Waals surface area contributed by atoms with Gasteiger partial charge in [-0.25, -0.2) is 0 Å². The minimum Gasteiger partial charge on any atom is -0.369 e. The third kappa shape index (κ3) is 4.13. The molecule has 0 atom stereocenters. The number of nitro benzene ring substituents is 2. The average molecular weight is 412 g/mol. The van der Waals surface area contributed by atoms with Gasteiger partial charge in [0.1, 0.15) is 5.69 Å². The van der Waals surface area contributed by atoms with Gasteiger partial charge in [-0.2, -0.15) is 0 Å². The minimum atomic E-state index is -0.410. The number of non-ortho nitro benzene ring substituents is 1. The molecule has 0 spiro atoms. The molecule has 10 heteroatoms. The van der Waals surface area contributed by atoms with Crippen LogP contribution in [0.2, 0.25) is 0 Å². The maximum Gasteiger partial charge on any atom is 0.292 e. The fourth-order valence-corrected chi connectivity index (χ4v) is 4.03. The lowest BCUT2D eigenvalue weighted by molar-refractivity contribution is -0.384. The molecule has 0 saturated carbocycles. The quantitative estimate of drug-likeness (QED) is 0.588. The molecule has 10 nitrogen and oxygen atoms in total. The van der Waals surface area contributed by atoms with E-state index >= 15 is 0 Å². The predicted molar refractivity (Wildman–Crippen MR) is 116 cm³/mol. The topological polar surface area (TPSA) is 108 Å². The fraction of sp³-hybridized carbons (Fsp3) is 0.400. The highest BCUT2D eigenvalue weighted by Gasteiger charge is 2.25. The van der Waals surface area contributed by atoms with Gasteiger partial charge in [-0.3, -0.25) is 20.2 Å². The largest absolute Gasteiger partial charge is 0.369 e. The smallest absolute Gasteiger partial charge is 0.292 e. The molecule has 0 bridgehead atoms. The van der Waals surface area contributed by atoms with Crippen LogP contribution in [0.1, 0.15) is 0 Å². The molecular weight excluding hydrogens is 388 g/mol. The van der Waals surface area contributed by atoms with Crippen LogP contribution in [0, 0.1) is 20.2 Å². The Hall–Kier alpha value is -3.40. The fourth-order valence-electron chi connectivity index (χ4n) is 4.03. The van der Waals surface area contributed by atoms with Crippen LogP contribution in [0.15, 0.2) is 42.5 Å². The average Bonchev–Trinajstić information content (AvgIpc) is 2.79. The molecule has 2 fully saturated rings. The molecule has 0 radical (unpaired) electrons. The zero-order valence-electron chi connectivity index (χ0n) is 16.6. The first-order valence-electron chi connectivity index (χ1n) is 10.0. The van der Waals surface area contributed by atoms with E-state index < -0.39 is 4.92 Å². The van der Waals surface area contributed by atoms with Crippen molar-refractivity contribution in [2.24, 2.45) is 0 Å². The molecule has 2 aromatic rings. The highest BCUT2D eigenvalue weighted by Crippen LogP contribution is 2.34. The molecular formula is C20H24N6O4. The Labute approximate surface area is 174 Å². The summed E-state index contributed by atoms with van der Waals surface area (Å²) in [6, 6.07) is 11.9. The lowest BCUT2D eigenvalue weighted by Gasteiger charge is -2.37. The van der Waals surface area contributed by atoms with E-state index in [-0.39, 0.29) is 16.3 Å². The van der Waals surface area contributed by atoms with Crippen molar-refractivity contribution in [2.45, 2.75) is 0 Å². The Kier molecular flexibility index (Phi) is 5.66. The number of hydrogen-bond donors (Lipinski definition) is 1. The van der Waals surface area contributed by atoms with Crippen molar-refractivity contribution in [3.05, 3.63) is 62.7 Å². The molecule has 0 amide bonds. The third-order valence-corrected chi connectivity index (χ3v) is 5.68. The monoisotopic (exact) mass is 412 g/mol. The second-order valence-corrected chi connectivity index (χ2v) is 7.41. The van der Waals surface area contributed by atoms with E-state index in [2.05, 4.69) is 20.0 Å². The molecule has 2 aromatic carbocycles. The van der Waals surface area contributed by atoms with Crippen LogP contribution in [-0.4, -0.2) is 62.2 Å². The van der Waals surface area contributed by atoms with Crippen LogP contribution in [0.25, 0.3) is 0 Å². The Morgan fingerprint density at radius 3 is 1.87 bits per heavy atom. The highest BCUT2D eigenvalue weighted by atomic mass is 16.6. The van der Waals surface area contributed by atoms with Gasteiger partial charge < -0.3 is 20.0 Å². The normalized spacial score (nSPS) is 17.1. The SMILES string of the molecule is O=[N+]([O-])c1ccc(N2CCN(c3cc(N4CCNCC4)ccc3[N+](=O)[O-])CC2)cc1. The number of anilines is 3. The van der Waals surface area contributed by atoms with Crippen molar-refractivity contribution in [2.75, 3.05) is 67.1 Å². The molecule has 1 N–H and O–H groups in total. The zero-order valence-corrected chi connectivity index (χ0v) is 16.6. The van der Waals surface area contributed by atoms with E-state index in [9.17, 15) is 20.2 Å². The van der Waals surface area contributed by atoms with Gasteiger partial charge in [0, 0.05) is 81.9 Å². The summed E-state index contributed by atoms with van der Waals surface area (Å²) in [5.74, 6) is 0. The molecule has 0 unspecified atom stereocenters. The molecule has 30 heavy (non-hydrogen) atoms. The molecule has 2 aliphatic rings. The summed E-state index contributed by atoms with van der Waals surface area (Å²) in [7, 11) is 0. The van der Waals surface area contributed by atoms with E-state index in [4.69, 9.17) is 0 Å². The number of rotatable bonds is 5. The van der Waals surface area contributed by atoms with Crippen molar-refractivity contribution in [3.8, 4) is 0 Å². The summed E-state index contributed by atoms with van der Waals surface area (Å²) in [5.41, 5.74) is 2.77. The van der Waals surface area contributed by atoms with Crippen LogP contribution in [-0.2, 0) is 0 Å². The van der Waals surface area contributed by atoms with E-state index in [1.165, 1.54) is 12.1 Å². The number of nitrogens with one attached hydrogen (secondary N) is 1. The van der Waals surface area contributed by atoms with Gasteiger partial charge in [-0.1, -0.05) is 0 Å². The maximum absolute atomic E-state index is 11.6. The van der Waals surface area contributed by atoms with Crippen molar-refractivity contribution in [1.82, 2.24) is 5.32 Å². The number of piperazine rings is 2. The van der Waals surface area contributed by atoms with Crippen LogP contribution in [0.4, 0.5) is 28.4 Å². The summed E-state index contributed by atoms with van der Waals surface area (Å²) in [5, 5.41) is 25.8. The van der Waals surface area contributed by atoms with Crippen molar-refractivity contribution < 1.29 is 9.85 Å². The van der Waals surface area contributed by atoms with Crippen LogP contribution in [0.5, 0.6) is 0 Å². The lowest BCUT2D eigenvalue weighted by Crippen LogP contribution is -2.47. The molecule has 158 valence electrons. The minimum absolute atomic E-state index is 0.0674. The first kappa shape index (κ1) is 19.9. The Bertz CT molecular complexity index is 921. The van der Waals surface area contributed by atoms with E-state index in [0.29, 0.717) is 31.9 Å². The molecule has 4 rings (SSSR count). The summed E-state index contributed by atoms with van der Waals surface area (Å²) in [6.45, 7) is 6.22. The second kappa shape index (κ2) is 8.54. The number of nitro groups is 2. The molecule has 2 saturated heterocycles. The van der Waals surface area contributed by atoms with Crippen molar-refractivity contribution >= 4 is 28.4 Å². The van der Waals surface area contributed by atoms with Gasteiger partial charge in [0.25, 0.3) is 11.4 Å². The number of benzene rings is 2. The summed E-state index contributed by atoms with van der Waals surface area (Å²) < 4.78 is 0. The standard InChI is InChI=1S/C20H24N6O4/c27-25(28)17-3-1-16(2-4-17)23-11-13-24(14-12-23)20-15-18(5-6-19(20)26(29)30)22-9-7-21-8-10-22/h1-6,15,21H,7-14H2. The Morgan fingerprint density at radius 1 is 0.700 bits per heavy atom. The van der Waals surface area contributed by atoms with Gasteiger partial charge in [0.05, 0.1) is 9.85 Å². The lowest BCUT2D eigenvalue weighted by atomic mass is 10.1. The summed E-state index contributed by atoms with van der Waals surface area (Å²) >= 11 is 0. The van der Waals surface area contributed by atoms with Gasteiger partial charge in [-0.15, -0.1) is 0 Å². The summed E-state index contributed by atoms with van der Waals surface area (Å²) in [6.07, 6.45) is 0. The Morgan fingerprint density at radius 2 is 1.27 bits per heavy atom. The number of hydrogen-bond acceptors (Lipinski definition) is 8. The van der Waals surface area contributed by atoms with E-state index in [1.807, 2.05) is 12.1 Å². The van der Waals surface area contributed by atoms with E-state index in [1.54, 1.807) is 18.2 Å². The van der Waals surface area contributed by atoms with Crippen molar-refractivity contribution in [1.29, 1.82) is 0 Å². The van der Waals surface area contributed by atoms with Gasteiger partial charge in [0.15, 0.2) is 0 Å². The number of nitrogens with zero attached hydrogens (tertiary/aromatic N) is 5. The molecule has 0 aromatic heterocycles. The van der Waals surface area contributed by atoms with Crippen LogP contribution in [0.3, 0.4) is 0 Å². The predicted octanol–water partition coefficient (Wildman–Crippen LogP) is 2.24. The first-order chi connectivity index (χ1) is 14.5. The van der Waals surface area contributed by atoms with Gasteiger partial charge in [0.2, 0.25) is 0 Å². The van der Waals surface area contributed by atoms with Crippen molar-refractivity contribution in [3.63, 3.8) is 0 Å². The molecule has 2 heterocycles. The zero-order chi connectivity index (χ0) is 21.1. The van der Waals surface area contributed by atoms with Crippen LogP contribution < -0.4 is 20.0 Å². The van der Waals surface area contributed by atoms with Gasteiger partial charge >= 0.3 is 0 Å².